The Morgan fingerprint density at radius 3 is 2.71 bits per heavy atom. The van der Waals surface area contributed by atoms with E-state index in [4.69, 9.17) is 0 Å². The maximum absolute atomic E-state index is 2.35. The Labute approximate surface area is 103 Å². The molecule has 0 atom stereocenters. The molecule has 1 aliphatic rings. The van der Waals surface area contributed by atoms with Gasteiger partial charge < -0.3 is 4.90 Å². The second-order valence-corrected chi connectivity index (χ2v) is 4.85. The van der Waals surface area contributed by atoms with E-state index in [-0.39, 0.29) is 0 Å². The molecule has 86 valence electrons. The van der Waals surface area contributed by atoms with Gasteiger partial charge in [0.25, 0.3) is 0 Å². The molecule has 0 unspecified atom stereocenters. The molecule has 17 heavy (non-hydrogen) atoms. The van der Waals surface area contributed by atoms with Crippen LogP contribution in [0.5, 0.6) is 0 Å². The molecule has 1 heteroatoms. The average Bonchev–Trinajstić information content (AvgIpc) is 2.48. The molecule has 0 radical (unpaired) electrons. The number of hydrogen-bond donors (Lipinski definition) is 0. The summed E-state index contributed by atoms with van der Waals surface area (Å²) in [7, 11) is 2.18. The Kier molecular flexibility index (Phi) is 2.40. The fourth-order valence-electron chi connectivity index (χ4n) is 2.63. The third kappa shape index (κ3) is 1.72. The summed E-state index contributed by atoms with van der Waals surface area (Å²) in [6.07, 6.45) is 1.13. The van der Waals surface area contributed by atoms with Gasteiger partial charge in [0.05, 0.1) is 0 Å². The first-order chi connectivity index (χ1) is 8.25. The van der Waals surface area contributed by atoms with Crippen LogP contribution in [0, 0.1) is 6.92 Å². The van der Waals surface area contributed by atoms with Crippen LogP contribution in [-0.2, 0) is 6.42 Å². The normalized spacial score (nSPS) is 13.9. The van der Waals surface area contributed by atoms with Crippen molar-refractivity contribution >= 4 is 5.69 Å². The number of likely N-dealkylation sites (N-methyl/N-ethyl adjacent to an activating group) is 1. The molecule has 0 saturated carbocycles. The molecule has 2 aromatic rings. The number of rotatable bonds is 0. The molecule has 1 heterocycles. The standard InChI is InChI=1S/C16H17N/c1-12-7-8-14-13(11-12)9-10-17(2)16-6-4-3-5-15(14)16/h3-8,11H,9-10H2,1-2H3. The molecular formula is C16H17N. The highest BCUT2D eigenvalue weighted by atomic mass is 15.1. The van der Waals surface area contributed by atoms with Crippen LogP contribution in [0.3, 0.4) is 0 Å². The zero-order chi connectivity index (χ0) is 11.8. The average molecular weight is 223 g/mol. The van der Waals surface area contributed by atoms with Crippen molar-refractivity contribution in [2.75, 3.05) is 18.5 Å². The van der Waals surface area contributed by atoms with Gasteiger partial charge in [-0.2, -0.15) is 0 Å². The third-order valence-corrected chi connectivity index (χ3v) is 3.58. The predicted octanol–water partition coefficient (Wildman–Crippen LogP) is 3.65. The summed E-state index contributed by atoms with van der Waals surface area (Å²) in [5.41, 5.74) is 6.93. The lowest BCUT2D eigenvalue weighted by Gasteiger charge is -2.18. The van der Waals surface area contributed by atoms with Gasteiger partial charge in [-0.3, -0.25) is 0 Å². The maximum atomic E-state index is 2.35. The highest BCUT2D eigenvalue weighted by molar-refractivity contribution is 5.81. The zero-order valence-corrected chi connectivity index (χ0v) is 10.4. The van der Waals surface area contributed by atoms with Crippen LogP contribution in [-0.4, -0.2) is 13.6 Å². The largest absolute Gasteiger partial charge is 0.374 e. The number of fused-ring (bicyclic) bond motifs is 3. The molecule has 0 aromatic heterocycles. The highest BCUT2D eigenvalue weighted by Gasteiger charge is 2.16. The fourth-order valence-corrected chi connectivity index (χ4v) is 2.63. The maximum Gasteiger partial charge on any atom is 0.0443 e. The van der Waals surface area contributed by atoms with Gasteiger partial charge >= 0.3 is 0 Å². The van der Waals surface area contributed by atoms with Gasteiger partial charge in [0.15, 0.2) is 0 Å². The van der Waals surface area contributed by atoms with Crippen LogP contribution < -0.4 is 4.90 Å². The monoisotopic (exact) mass is 223 g/mol. The van der Waals surface area contributed by atoms with E-state index in [1.807, 2.05) is 0 Å². The lowest BCUT2D eigenvalue weighted by molar-refractivity contribution is 0.888. The summed E-state index contributed by atoms with van der Waals surface area (Å²) in [5.74, 6) is 0. The number of nitrogens with zero attached hydrogens (tertiary/aromatic N) is 1. The number of hydrogen-bond acceptors (Lipinski definition) is 1. The van der Waals surface area contributed by atoms with Crippen molar-refractivity contribution in [3.63, 3.8) is 0 Å². The fraction of sp³-hybridized carbons (Fsp3) is 0.250. The van der Waals surface area contributed by atoms with Gasteiger partial charge in [-0.1, -0.05) is 42.0 Å². The van der Waals surface area contributed by atoms with Crippen molar-refractivity contribution in [2.24, 2.45) is 0 Å². The Morgan fingerprint density at radius 1 is 1.00 bits per heavy atom. The lowest BCUT2D eigenvalue weighted by atomic mass is 9.96. The Balaban J connectivity index is 2.26. The van der Waals surface area contributed by atoms with Gasteiger partial charge in [0.2, 0.25) is 0 Å². The minimum atomic E-state index is 1.09. The van der Waals surface area contributed by atoms with Crippen molar-refractivity contribution in [3.05, 3.63) is 53.6 Å². The van der Waals surface area contributed by atoms with E-state index in [1.54, 1.807) is 0 Å². The molecule has 3 rings (SSSR count). The molecule has 1 nitrogen and oxygen atoms in total. The lowest BCUT2D eigenvalue weighted by Crippen LogP contribution is -2.18. The molecule has 0 bridgehead atoms. The molecule has 0 aliphatic carbocycles. The SMILES string of the molecule is Cc1ccc2c(c1)CCN(C)c1ccccc1-2. The Bertz CT molecular complexity index is 557. The first-order valence-electron chi connectivity index (χ1n) is 6.16. The number of benzene rings is 2. The summed E-state index contributed by atoms with van der Waals surface area (Å²) >= 11 is 0. The quantitative estimate of drug-likeness (QED) is 0.659. The van der Waals surface area contributed by atoms with Gasteiger partial charge in [-0.25, -0.2) is 0 Å². The summed E-state index contributed by atoms with van der Waals surface area (Å²) in [5, 5.41) is 0. The molecule has 0 N–H and O–H groups in total. The van der Waals surface area contributed by atoms with E-state index in [2.05, 4.69) is 61.3 Å². The minimum absolute atomic E-state index is 1.09. The van der Waals surface area contributed by atoms with Crippen molar-refractivity contribution in [3.8, 4) is 11.1 Å². The molecule has 0 saturated heterocycles. The van der Waals surface area contributed by atoms with E-state index >= 15 is 0 Å². The summed E-state index contributed by atoms with van der Waals surface area (Å²) < 4.78 is 0. The Hall–Kier alpha value is -1.76. The highest BCUT2D eigenvalue weighted by Crippen LogP contribution is 2.35. The van der Waals surface area contributed by atoms with Crippen molar-refractivity contribution in [1.29, 1.82) is 0 Å². The van der Waals surface area contributed by atoms with Crippen molar-refractivity contribution in [2.45, 2.75) is 13.3 Å². The van der Waals surface area contributed by atoms with E-state index < -0.39 is 0 Å². The summed E-state index contributed by atoms with van der Waals surface area (Å²) in [6, 6.07) is 15.5. The van der Waals surface area contributed by atoms with E-state index in [9.17, 15) is 0 Å². The number of aryl methyl sites for hydroxylation is 1. The van der Waals surface area contributed by atoms with Crippen molar-refractivity contribution in [1.82, 2.24) is 0 Å². The van der Waals surface area contributed by atoms with Gasteiger partial charge in [0, 0.05) is 24.8 Å². The van der Waals surface area contributed by atoms with Crippen LogP contribution in [0.15, 0.2) is 42.5 Å². The second kappa shape index (κ2) is 3.92. The number of anilines is 1. The van der Waals surface area contributed by atoms with Crippen LogP contribution in [0.1, 0.15) is 11.1 Å². The summed E-state index contributed by atoms with van der Waals surface area (Å²) in [4.78, 5) is 2.35. The van der Waals surface area contributed by atoms with Crippen LogP contribution in [0.4, 0.5) is 5.69 Å². The molecule has 0 spiro atoms. The molecule has 2 aromatic carbocycles. The van der Waals surface area contributed by atoms with E-state index in [1.165, 1.54) is 27.9 Å². The van der Waals surface area contributed by atoms with Gasteiger partial charge in [0.1, 0.15) is 0 Å². The smallest absolute Gasteiger partial charge is 0.0443 e. The first kappa shape index (κ1) is 10.4. The topological polar surface area (TPSA) is 3.24 Å². The van der Waals surface area contributed by atoms with Crippen molar-refractivity contribution < 1.29 is 0 Å². The zero-order valence-electron chi connectivity index (χ0n) is 10.4. The van der Waals surface area contributed by atoms with Gasteiger partial charge in [-0.05, 0) is 30.5 Å². The van der Waals surface area contributed by atoms with E-state index in [0.29, 0.717) is 0 Å². The minimum Gasteiger partial charge on any atom is -0.374 e. The molecule has 1 aliphatic heterocycles. The van der Waals surface area contributed by atoms with E-state index in [0.717, 1.165) is 13.0 Å². The number of para-hydroxylation sites is 1. The molecule has 0 fully saturated rings. The van der Waals surface area contributed by atoms with Crippen LogP contribution >= 0.6 is 0 Å². The van der Waals surface area contributed by atoms with Crippen LogP contribution in [0.25, 0.3) is 11.1 Å². The molecule has 0 amide bonds. The van der Waals surface area contributed by atoms with Crippen LogP contribution in [0.2, 0.25) is 0 Å². The first-order valence-corrected chi connectivity index (χ1v) is 6.16. The third-order valence-electron chi connectivity index (χ3n) is 3.58. The predicted molar refractivity (Wildman–Crippen MR) is 73.6 cm³/mol. The molecular weight excluding hydrogens is 206 g/mol. The Morgan fingerprint density at radius 2 is 1.82 bits per heavy atom. The second-order valence-electron chi connectivity index (χ2n) is 4.85. The summed E-state index contributed by atoms with van der Waals surface area (Å²) in [6.45, 7) is 3.26. The van der Waals surface area contributed by atoms with Gasteiger partial charge in [-0.15, -0.1) is 0 Å².